The molecule has 5 rings (SSSR count). The lowest BCUT2D eigenvalue weighted by Crippen LogP contribution is -2.13. The molecule has 0 unspecified atom stereocenters. The van der Waals surface area contributed by atoms with Gasteiger partial charge in [-0.1, -0.05) is 36.4 Å². The molecule has 5 aromatic rings. The molecule has 0 aliphatic rings. The Morgan fingerprint density at radius 3 is 2.57 bits per heavy atom. The summed E-state index contributed by atoms with van der Waals surface area (Å²) in [5.41, 5.74) is 2.48. The van der Waals surface area contributed by atoms with Crippen LogP contribution in [-0.4, -0.2) is 9.38 Å². The number of aromatic nitrogens is 2. The molecule has 0 N–H and O–H groups in total. The third-order valence-corrected chi connectivity index (χ3v) is 4.35. The molecule has 0 aliphatic heterocycles. The summed E-state index contributed by atoms with van der Waals surface area (Å²) in [6, 6.07) is 17.0. The normalized spacial score (nSPS) is 11.6. The molecule has 3 aromatic carbocycles. The predicted molar refractivity (Wildman–Crippen MR) is 91.4 cm³/mol. The Kier molecular flexibility index (Phi) is 2.14. The van der Waals surface area contributed by atoms with Gasteiger partial charge in [-0.15, -0.1) is 0 Å². The largest absolute Gasteiger partial charge is 0.268 e. The first-order valence-electron chi connectivity index (χ1n) is 7.25. The van der Waals surface area contributed by atoms with E-state index >= 15 is 0 Å². The molecule has 0 fully saturated rings. The van der Waals surface area contributed by atoms with E-state index in [1.165, 1.54) is 0 Å². The highest BCUT2D eigenvalue weighted by atomic mass is 16.1. The van der Waals surface area contributed by atoms with Gasteiger partial charge >= 0.3 is 0 Å². The van der Waals surface area contributed by atoms with E-state index in [4.69, 9.17) is 6.57 Å². The van der Waals surface area contributed by atoms with Gasteiger partial charge in [-0.3, -0.25) is 9.20 Å². The van der Waals surface area contributed by atoms with Crippen molar-refractivity contribution in [1.29, 1.82) is 0 Å². The zero-order chi connectivity index (χ0) is 15.6. The summed E-state index contributed by atoms with van der Waals surface area (Å²) in [4.78, 5) is 21.1. The highest BCUT2D eigenvalue weighted by Gasteiger charge is 2.15. The van der Waals surface area contributed by atoms with Gasteiger partial charge in [-0.2, -0.15) is 0 Å². The zero-order valence-corrected chi connectivity index (χ0v) is 11.9. The third-order valence-electron chi connectivity index (χ3n) is 4.35. The van der Waals surface area contributed by atoms with Crippen LogP contribution in [0.2, 0.25) is 0 Å². The SMILES string of the molecule is [C-]#[N+]c1ccc2nc3c4cccc5cccc(c(=O)n3c2c1)c54. The van der Waals surface area contributed by atoms with Crippen molar-refractivity contribution < 1.29 is 0 Å². The minimum atomic E-state index is -0.0890. The van der Waals surface area contributed by atoms with Gasteiger partial charge in [0.25, 0.3) is 5.56 Å². The van der Waals surface area contributed by atoms with Gasteiger partial charge in [0.1, 0.15) is 5.65 Å². The van der Waals surface area contributed by atoms with Crippen LogP contribution in [0.25, 0.3) is 43.1 Å². The number of pyridine rings is 1. The molecule has 2 heterocycles. The fourth-order valence-corrected chi connectivity index (χ4v) is 3.35. The molecule has 0 amide bonds. The van der Waals surface area contributed by atoms with Crippen molar-refractivity contribution in [3.05, 3.63) is 76.4 Å². The lowest BCUT2D eigenvalue weighted by molar-refractivity contribution is 1.19. The minimum absolute atomic E-state index is 0.0890. The molecule has 0 bridgehead atoms. The molecule has 2 aromatic heterocycles. The van der Waals surface area contributed by atoms with Crippen LogP contribution in [0.15, 0.2) is 59.4 Å². The first-order valence-corrected chi connectivity index (χ1v) is 7.25. The van der Waals surface area contributed by atoms with Gasteiger partial charge in [-0.25, -0.2) is 9.83 Å². The number of imidazole rings is 1. The highest BCUT2D eigenvalue weighted by Crippen LogP contribution is 2.30. The molecule has 23 heavy (non-hydrogen) atoms. The second kappa shape index (κ2) is 4.05. The molecule has 4 nitrogen and oxygen atoms in total. The highest BCUT2D eigenvalue weighted by molar-refractivity contribution is 6.15. The summed E-state index contributed by atoms with van der Waals surface area (Å²) in [6.07, 6.45) is 0. The summed E-state index contributed by atoms with van der Waals surface area (Å²) in [7, 11) is 0. The van der Waals surface area contributed by atoms with Crippen molar-refractivity contribution in [2.75, 3.05) is 0 Å². The van der Waals surface area contributed by atoms with E-state index < -0.39 is 0 Å². The summed E-state index contributed by atoms with van der Waals surface area (Å²) in [5, 5.41) is 3.62. The maximum atomic E-state index is 13.0. The lowest BCUT2D eigenvalue weighted by Gasteiger charge is -2.06. The Morgan fingerprint density at radius 2 is 1.78 bits per heavy atom. The molecule has 0 saturated carbocycles. The van der Waals surface area contributed by atoms with Crippen LogP contribution < -0.4 is 5.56 Å². The molecule has 4 heteroatoms. The summed E-state index contributed by atoms with van der Waals surface area (Å²) in [5.74, 6) is 0. The van der Waals surface area contributed by atoms with E-state index in [2.05, 4.69) is 9.83 Å². The first kappa shape index (κ1) is 12.1. The number of hydrogen-bond donors (Lipinski definition) is 0. The van der Waals surface area contributed by atoms with E-state index in [9.17, 15) is 4.79 Å². The molecule has 0 spiro atoms. The monoisotopic (exact) mass is 295 g/mol. The number of fused-ring (bicyclic) bond motifs is 4. The Balaban J connectivity index is 2.19. The van der Waals surface area contributed by atoms with E-state index in [1.807, 2.05) is 36.4 Å². The van der Waals surface area contributed by atoms with Crippen LogP contribution in [0, 0.1) is 6.57 Å². The van der Waals surface area contributed by atoms with Gasteiger partial charge < -0.3 is 0 Å². The number of rotatable bonds is 0. The van der Waals surface area contributed by atoms with Crippen LogP contribution in [-0.2, 0) is 0 Å². The molecule has 0 atom stereocenters. The van der Waals surface area contributed by atoms with Crippen molar-refractivity contribution in [3.8, 4) is 0 Å². The van der Waals surface area contributed by atoms with Crippen molar-refractivity contribution in [1.82, 2.24) is 9.38 Å². The van der Waals surface area contributed by atoms with E-state index in [-0.39, 0.29) is 5.56 Å². The second-order valence-corrected chi connectivity index (χ2v) is 5.57. The number of benzene rings is 3. The van der Waals surface area contributed by atoms with Crippen molar-refractivity contribution in [3.63, 3.8) is 0 Å². The van der Waals surface area contributed by atoms with Crippen molar-refractivity contribution in [2.45, 2.75) is 0 Å². The summed E-state index contributed by atoms with van der Waals surface area (Å²) < 4.78 is 1.63. The fraction of sp³-hybridized carbons (Fsp3) is 0. The maximum Gasteiger partial charge on any atom is 0.264 e. The Hall–Kier alpha value is -3.45. The molecule has 0 radical (unpaired) electrons. The topological polar surface area (TPSA) is 38.7 Å². The predicted octanol–water partition coefficient (Wildman–Crippen LogP) is 4.14. The quantitative estimate of drug-likeness (QED) is 0.403. The maximum absolute atomic E-state index is 13.0. The van der Waals surface area contributed by atoms with Crippen LogP contribution >= 0.6 is 0 Å². The summed E-state index contributed by atoms with van der Waals surface area (Å²) >= 11 is 0. The Morgan fingerprint density at radius 1 is 1.00 bits per heavy atom. The van der Waals surface area contributed by atoms with E-state index in [0.29, 0.717) is 22.2 Å². The Labute approximate surface area is 130 Å². The molecule has 106 valence electrons. The van der Waals surface area contributed by atoms with Crippen LogP contribution in [0.5, 0.6) is 0 Å². The van der Waals surface area contributed by atoms with Gasteiger partial charge in [-0.05, 0) is 23.6 Å². The standard InChI is InChI=1S/C19H9N3O/c1-20-12-8-9-15-16(10-12)22-18(21-15)13-6-2-4-11-5-3-7-14(17(11)13)19(22)23/h2-10H. The minimum Gasteiger partial charge on any atom is -0.268 e. The zero-order valence-electron chi connectivity index (χ0n) is 11.9. The van der Waals surface area contributed by atoms with Gasteiger partial charge in [0, 0.05) is 16.2 Å². The van der Waals surface area contributed by atoms with Crippen molar-refractivity contribution >= 4 is 43.9 Å². The molecule has 0 aliphatic carbocycles. The van der Waals surface area contributed by atoms with Gasteiger partial charge in [0.05, 0.1) is 17.6 Å². The van der Waals surface area contributed by atoms with Crippen LogP contribution in [0.4, 0.5) is 5.69 Å². The van der Waals surface area contributed by atoms with E-state index in [0.717, 1.165) is 21.7 Å². The average Bonchev–Trinajstić information content (AvgIpc) is 2.98. The number of hydrogen-bond acceptors (Lipinski definition) is 2. The van der Waals surface area contributed by atoms with Crippen molar-refractivity contribution in [2.24, 2.45) is 0 Å². The third kappa shape index (κ3) is 1.43. The fourth-order valence-electron chi connectivity index (χ4n) is 3.35. The number of nitrogens with zero attached hydrogens (tertiary/aromatic N) is 3. The molecular weight excluding hydrogens is 286 g/mol. The summed E-state index contributed by atoms with van der Waals surface area (Å²) in [6.45, 7) is 7.18. The molecule has 0 saturated heterocycles. The van der Waals surface area contributed by atoms with Gasteiger partial charge in [0.2, 0.25) is 0 Å². The first-order chi connectivity index (χ1) is 11.3. The van der Waals surface area contributed by atoms with Gasteiger partial charge in [0.15, 0.2) is 5.69 Å². The average molecular weight is 295 g/mol. The van der Waals surface area contributed by atoms with Crippen LogP contribution in [0.1, 0.15) is 0 Å². The lowest BCUT2D eigenvalue weighted by atomic mass is 10.0. The van der Waals surface area contributed by atoms with Crippen LogP contribution in [0.3, 0.4) is 0 Å². The second-order valence-electron chi connectivity index (χ2n) is 5.57. The Bertz CT molecular complexity index is 1340. The van der Waals surface area contributed by atoms with E-state index in [1.54, 1.807) is 22.6 Å². The smallest absolute Gasteiger partial charge is 0.264 e. The molecular formula is C19H9N3O.